The van der Waals surface area contributed by atoms with Crippen LogP contribution in [0.2, 0.25) is 0 Å². The lowest BCUT2D eigenvalue weighted by Gasteiger charge is -2.34. The molecule has 6 heteroatoms. The maximum Gasteiger partial charge on any atom is 0.329 e. The predicted molar refractivity (Wildman–Crippen MR) is 76.0 cm³/mol. The molecule has 1 saturated carbocycles. The molecular weight excluding hydrogens is 258 g/mol. The molecule has 1 aromatic rings. The van der Waals surface area contributed by atoms with Gasteiger partial charge in [0, 0.05) is 18.4 Å². The van der Waals surface area contributed by atoms with E-state index in [1.807, 2.05) is 13.8 Å². The summed E-state index contributed by atoms with van der Waals surface area (Å²) in [7, 11) is 0. The predicted octanol–water partition coefficient (Wildman–Crippen LogP) is 2.02. The minimum absolute atomic E-state index is 0.0122. The van der Waals surface area contributed by atoms with Crippen LogP contribution in [0.3, 0.4) is 0 Å². The van der Waals surface area contributed by atoms with Crippen LogP contribution < -0.4 is 10.9 Å². The van der Waals surface area contributed by atoms with Crippen LogP contribution in [-0.4, -0.2) is 26.2 Å². The Labute approximate surface area is 117 Å². The number of hydrogen-bond acceptors (Lipinski definition) is 4. The fourth-order valence-corrected chi connectivity index (χ4v) is 2.69. The van der Waals surface area contributed by atoms with E-state index in [1.54, 1.807) is 10.8 Å². The molecule has 1 heterocycles. The zero-order chi connectivity index (χ0) is 14.8. The highest BCUT2D eigenvalue weighted by Crippen LogP contribution is 2.30. The van der Waals surface area contributed by atoms with Crippen molar-refractivity contribution in [3.8, 4) is 0 Å². The number of carbonyl (C=O) groups is 1. The van der Waals surface area contributed by atoms with Gasteiger partial charge in [-0.3, -0.25) is 4.79 Å². The van der Waals surface area contributed by atoms with Crippen LogP contribution >= 0.6 is 0 Å². The van der Waals surface area contributed by atoms with E-state index >= 15 is 0 Å². The van der Waals surface area contributed by atoms with Crippen molar-refractivity contribution in [1.29, 1.82) is 0 Å². The number of anilines is 1. The monoisotopic (exact) mass is 279 g/mol. The van der Waals surface area contributed by atoms with Gasteiger partial charge in [0.05, 0.1) is 0 Å². The standard InChI is InChI=1S/C14H21N3O3/c1-10(2)17-9-8-15-11(12(17)18)16-14(13(19)20)6-4-3-5-7-14/h8-10H,3-7H2,1-2H3,(H,15,16)(H,19,20). The maximum atomic E-state index is 12.3. The highest BCUT2D eigenvalue weighted by molar-refractivity contribution is 5.82. The Balaban J connectivity index is 2.35. The Morgan fingerprint density at radius 3 is 2.60 bits per heavy atom. The highest BCUT2D eigenvalue weighted by Gasteiger charge is 2.40. The third-order valence-corrected chi connectivity index (χ3v) is 3.90. The number of nitrogens with zero attached hydrogens (tertiary/aromatic N) is 2. The van der Waals surface area contributed by atoms with Crippen molar-refractivity contribution in [2.24, 2.45) is 0 Å². The zero-order valence-electron chi connectivity index (χ0n) is 11.9. The van der Waals surface area contributed by atoms with Crippen molar-refractivity contribution in [1.82, 2.24) is 9.55 Å². The molecule has 1 aliphatic rings. The van der Waals surface area contributed by atoms with E-state index < -0.39 is 11.5 Å². The summed E-state index contributed by atoms with van der Waals surface area (Å²) in [5.74, 6) is -0.774. The first-order valence-corrected chi connectivity index (χ1v) is 7.05. The molecule has 1 aliphatic carbocycles. The van der Waals surface area contributed by atoms with E-state index in [4.69, 9.17) is 0 Å². The Morgan fingerprint density at radius 2 is 2.05 bits per heavy atom. The molecule has 0 aliphatic heterocycles. The third kappa shape index (κ3) is 2.69. The number of hydrogen-bond donors (Lipinski definition) is 2. The number of aromatic nitrogens is 2. The van der Waals surface area contributed by atoms with Crippen LogP contribution in [-0.2, 0) is 4.79 Å². The lowest BCUT2D eigenvalue weighted by atomic mass is 9.81. The highest BCUT2D eigenvalue weighted by atomic mass is 16.4. The van der Waals surface area contributed by atoms with Crippen molar-refractivity contribution >= 4 is 11.8 Å². The van der Waals surface area contributed by atoms with Crippen LogP contribution in [0.15, 0.2) is 17.2 Å². The Hall–Kier alpha value is -1.85. The van der Waals surface area contributed by atoms with Gasteiger partial charge in [0.25, 0.3) is 5.56 Å². The molecule has 0 spiro atoms. The second-order valence-corrected chi connectivity index (χ2v) is 5.65. The normalized spacial score (nSPS) is 17.9. The number of rotatable bonds is 4. The molecule has 20 heavy (non-hydrogen) atoms. The summed E-state index contributed by atoms with van der Waals surface area (Å²) in [5, 5.41) is 12.4. The van der Waals surface area contributed by atoms with E-state index in [0.717, 1.165) is 19.3 Å². The Bertz CT molecular complexity index is 545. The molecule has 110 valence electrons. The number of carboxylic acid groups (broad SMARTS) is 1. The van der Waals surface area contributed by atoms with E-state index in [9.17, 15) is 14.7 Å². The topological polar surface area (TPSA) is 84.2 Å². The molecule has 2 rings (SSSR count). The van der Waals surface area contributed by atoms with Gasteiger partial charge in [0.15, 0.2) is 5.82 Å². The smallest absolute Gasteiger partial charge is 0.329 e. The van der Waals surface area contributed by atoms with E-state index in [1.165, 1.54) is 6.20 Å². The molecule has 0 radical (unpaired) electrons. The van der Waals surface area contributed by atoms with Gasteiger partial charge in [-0.2, -0.15) is 0 Å². The molecular formula is C14H21N3O3. The lowest BCUT2D eigenvalue weighted by molar-refractivity contribution is -0.143. The SMILES string of the molecule is CC(C)n1ccnc(NC2(C(=O)O)CCCCC2)c1=O. The summed E-state index contributed by atoms with van der Waals surface area (Å²) in [6.45, 7) is 3.80. The van der Waals surface area contributed by atoms with Crippen molar-refractivity contribution < 1.29 is 9.90 Å². The minimum atomic E-state index is -1.05. The van der Waals surface area contributed by atoms with Gasteiger partial charge in [0.2, 0.25) is 0 Å². The van der Waals surface area contributed by atoms with E-state index in [0.29, 0.717) is 12.8 Å². The van der Waals surface area contributed by atoms with Gasteiger partial charge in [0.1, 0.15) is 5.54 Å². The lowest BCUT2D eigenvalue weighted by Crippen LogP contribution is -2.49. The summed E-state index contributed by atoms with van der Waals surface area (Å²) in [6.07, 6.45) is 6.94. The Morgan fingerprint density at radius 1 is 1.40 bits per heavy atom. The average molecular weight is 279 g/mol. The van der Waals surface area contributed by atoms with Gasteiger partial charge >= 0.3 is 5.97 Å². The van der Waals surface area contributed by atoms with Crippen LogP contribution in [0, 0.1) is 0 Å². The molecule has 0 aromatic carbocycles. The maximum absolute atomic E-state index is 12.3. The molecule has 6 nitrogen and oxygen atoms in total. The second kappa shape index (κ2) is 5.64. The average Bonchev–Trinajstić information content (AvgIpc) is 2.41. The summed E-state index contributed by atoms with van der Waals surface area (Å²) >= 11 is 0. The molecule has 0 amide bonds. The van der Waals surface area contributed by atoms with E-state index in [2.05, 4.69) is 10.3 Å². The number of aliphatic carboxylic acids is 1. The van der Waals surface area contributed by atoms with E-state index in [-0.39, 0.29) is 17.4 Å². The first-order chi connectivity index (χ1) is 9.46. The minimum Gasteiger partial charge on any atom is -0.480 e. The quantitative estimate of drug-likeness (QED) is 0.881. The van der Waals surface area contributed by atoms with Crippen molar-refractivity contribution in [3.63, 3.8) is 0 Å². The largest absolute Gasteiger partial charge is 0.480 e. The second-order valence-electron chi connectivity index (χ2n) is 5.65. The molecule has 0 saturated heterocycles. The van der Waals surface area contributed by atoms with Crippen molar-refractivity contribution in [3.05, 3.63) is 22.7 Å². The molecule has 0 bridgehead atoms. The van der Waals surface area contributed by atoms with Gasteiger partial charge in [-0.05, 0) is 26.7 Å². The third-order valence-electron chi connectivity index (χ3n) is 3.90. The van der Waals surface area contributed by atoms with Gasteiger partial charge in [-0.1, -0.05) is 19.3 Å². The summed E-state index contributed by atoms with van der Waals surface area (Å²) < 4.78 is 1.55. The van der Waals surface area contributed by atoms with Crippen LogP contribution in [0.25, 0.3) is 0 Å². The molecule has 1 aromatic heterocycles. The van der Waals surface area contributed by atoms with Gasteiger partial charge in [-0.15, -0.1) is 0 Å². The van der Waals surface area contributed by atoms with Gasteiger partial charge in [-0.25, -0.2) is 9.78 Å². The summed E-state index contributed by atoms with van der Waals surface area (Å²) in [4.78, 5) is 27.9. The van der Waals surface area contributed by atoms with Crippen LogP contribution in [0.1, 0.15) is 52.0 Å². The van der Waals surface area contributed by atoms with Crippen LogP contribution in [0.5, 0.6) is 0 Å². The first-order valence-electron chi connectivity index (χ1n) is 7.05. The van der Waals surface area contributed by atoms with Crippen LogP contribution in [0.4, 0.5) is 5.82 Å². The summed E-state index contributed by atoms with van der Waals surface area (Å²) in [6, 6.07) is 0.0122. The first kappa shape index (κ1) is 14.6. The molecule has 2 N–H and O–H groups in total. The Kier molecular flexibility index (Phi) is 4.11. The fourth-order valence-electron chi connectivity index (χ4n) is 2.69. The number of nitrogens with one attached hydrogen (secondary N) is 1. The fraction of sp³-hybridized carbons (Fsp3) is 0.643. The summed E-state index contributed by atoms with van der Waals surface area (Å²) in [5.41, 5.74) is -1.32. The molecule has 1 fully saturated rings. The van der Waals surface area contributed by atoms with Gasteiger partial charge < -0.3 is 15.0 Å². The number of carboxylic acids is 1. The van der Waals surface area contributed by atoms with Crippen molar-refractivity contribution in [2.75, 3.05) is 5.32 Å². The molecule has 0 atom stereocenters. The zero-order valence-corrected chi connectivity index (χ0v) is 11.9. The van der Waals surface area contributed by atoms with Crippen molar-refractivity contribution in [2.45, 2.75) is 57.5 Å². The molecule has 0 unspecified atom stereocenters.